The summed E-state index contributed by atoms with van der Waals surface area (Å²) in [7, 11) is 0. The van der Waals surface area contributed by atoms with Crippen LogP contribution < -0.4 is 5.48 Å². The minimum absolute atomic E-state index is 0.100. The topological polar surface area (TPSA) is 55.4 Å². The quantitative estimate of drug-likeness (QED) is 0.134. The van der Waals surface area contributed by atoms with E-state index in [4.69, 9.17) is 4.84 Å². The largest absolute Gasteiger partial charge is 0.358 e. The first-order valence-corrected chi connectivity index (χ1v) is 11.1. The predicted octanol–water partition coefficient (Wildman–Crippen LogP) is 6.75. The fourth-order valence-electron chi connectivity index (χ4n) is 2.86. The molecule has 0 saturated carbocycles. The molecule has 0 radical (unpaired) electrons. The Morgan fingerprint density at radius 1 is 0.897 bits per heavy atom. The van der Waals surface area contributed by atoms with Gasteiger partial charge in [-0.2, -0.15) is 5.48 Å². The normalized spacial score (nSPS) is 12.7. The molecule has 1 unspecified atom stereocenters. The fourth-order valence-corrected chi connectivity index (χ4v) is 2.86. The average molecular weight is 404 g/mol. The molecule has 4 heteroatoms. The van der Waals surface area contributed by atoms with Crippen molar-refractivity contribution in [1.29, 1.82) is 0 Å². The van der Waals surface area contributed by atoms with Crippen LogP contribution in [0.4, 0.5) is 0 Å². The summed E-state index contributed by atoms with van der Waals surface area (Å²) in [6, 6.07) is 0. The molecule has 1 amide bonds. The Morgan fingerprint density at radius 3 is 2.14 bits per heavy atom. The van der Waals surface area contributed by atoms with E-state index in [1.54, 1.807) is 6.92 Å². The summed E-state index contributed by atoms with van der Waals surface area (Å²) in [6.45, 7) is 9.25. The first kappa shape index (κ1) is 26.9. The van der Waals surface area contributed by atoms with E-state index in [0.29, 0.717) is 0 Å². The molecule has 0 aromatic carbocycles. The summed E-state index contributed by atoms with van der Waals surface area (Å²) in [4.78, 5) is 28.3. The molecule has 0 spiro atoms. The van der Waals surface area contributed by atoms with Gasteiger partial charge in [0.05, 0.1) is 0 Å². The van der Waals surface area contributed by atoms with Gasteiger partial charge in [0.25, 0.3) is 5.91 Å². The maximum absolute atomic E-state index is 12.2. The van der Waals surface area contributed by atoms with Crippen molar-refractivity contribution in [3.63, 3.8) is 0 Å². The summed E-state index contributed by atoms with van der Waals surface area (Å²) >= 11 is 0. The number of amides is 1. The molecule has 0 aliphatic heterocycles. The molecule has 0 aliphatic rings. The first-order valence-electron chi connectivity index (χ1n) is 11.1. The highest BCUT2D eigenvalue weighted by atomic mass is 16.7. The van der Waals surface area contributed by atoms with Gasteiger partial charge in [0, 0.05) is 11.5 Å². The molecule has 0 rings (SSSR count). The predicted molar refractivity (Wildman–Crippen MR) is 122 cm³/mol. The third-order valence-electron chi connectivity index (χ3n) is 4.55. The van der Waals surface area contributed by atoms with Crippen molar-refractivity contribution in [2.24, 2.45) is 5.92 Å². The van der Waals surface area contributed by atoms with Gasteiger partial charge in [-0.3, -0.25) is 4.79 Å². The lowest BCUT2D eigenvalue weighted by Gasteiger charge is -2.15. The van der Waals surface area contributed by atoms with Gasteiger partial charge in [0.2, 0.25) is 0 Å². The second kappa shape index (κ2) is 19.2. The van der Waals surface area contributed by atoms with Gasteiger partial charge < -0.3 is 4.84 Å². The summed E-state index contributed by atoms with van der Waals surface area (Å²) in [6.07, 6.45) is 24.6. The summed E-state index contributed by atoms with van der Waals surface area (Å²) < 4.78 is 0. The molecule has 0 heterocycles. The van der Waals surface area contributed by atoms with Crippen molar-refractivity contribution in [3.8, 4) is 0 Å². The number of carbonyl (C=O) groups excluding carboxylic acids is 2. The SMILES string of the molecule is C=C(C)C(=O)ONC(=O)C(CCC)CCCCCC/C=C\C/C=C\C/C=C\CC. The molecule has 1 N–H and O–H groups in total. The maximum atomic E-state index is 12.2. The van der Waals surface area contributed by atoms with Gasteiger partial charge in [-0.25, -0.2) is 4.79 Å². The Balaban J connectivity index is 3.84. The highest BCUT2D eigenvalue weighted by Gasteiger charge is 2.18. The Bertz CT molecular complexity index is 546. The third kappa shape index (κ3) is 16.5. The molecule has 29 heavy (non-hydrogen) atoms. The molecule has 0 aromatic rings. The van der Waals surface area contributed by atoms with E-state index in [0.717, 1.165) is 57.8 Å². The average Bonchev–Trinajstić information content (AvgIpc) is 2.71. The molecule has 0 aromatic heterocycles. The Labute approximate surface area is 178 Å². The molecule has 0 aliphatic carbocycles. The number of rotatable bonds is 16. The summed E-state index contributed by atoms with van der Waals surface area (Å²) in [5, 5.41) is 0. The Morgan fingerprint density at radius 2 is 1.52 bits per heavy atom. The van der Waals surface area contributed by atoms with Crippen LogP contribution in [0.2, 0.25) is 0 Å². The van der Waals surface area contributed by atoms with Gasteiger partial charge in [-0.15, -0.1) is 0 Å². The molecular weight excluding hydrogens is 362 g/mol. The number of nitrogens with one attached hydrogen (secondary N) is 1. The van der Waals surface area contributed by atoms with Crippen LogP contribution in [0.25, 0.3) is 0 Å². The minimum atomic E-state index is -0.592. The first-order chi connectivity index (χ1) is 14.0. The second-order valence-electron chi connectivity index (χ2n) is 7.41. The van der Waals surface area contributed by atoms with E-state index >= 15 is 0 Å². The number of unbranched alkanes of at least 4 members (excludes halogenated alkanes) is 4. The maximum Gasteiger partial charge on any atom is 0.358 e. The van der Waals surface area contributed by atoms with Crippen LogP contribution in [0.5, 0.6) is 0 Å². The van der Waals surface area contributed by atoms with Gasteiger partial charge in [-0.05, 0) is 51.9 Å². The number of hydrogen-bond acceptors (Lipinski definition) is 3. The van der Waals surface area contributed by atoms with Crippen LogP contribution in [-0.4, -0.2) is 11.9 Å². The second-order valence-corrected chi connectivity index (χ2v) is 7.41. The summed E-state index contributed by atoms with van der Waals surface area (Å²) in [5.74, 6) is -0.898. The van der Waals surface area contributed by atoms with Gasteiger partial charge in [0.15, 0.2) is 0 Å². The smallest absolute Gasteiger partial charge is 0.336 e. The van der Waals surface area contributed by atoms with Crippen molar-refractivity contribution in [3.05, 3.63) is 48.6 Å². The van der Waals surface area contributed by atoms with E-state index in [2.05, 4.69) is 62.4 Å². The highest BCUT2D eigenvalue weighted by Crippen LogP contribution is 2.17. The molecule has 1 atom stereocenters. The van der Waals surface area contributed by atoms with Crippen LogP contribution in [0.3, 0.4) is 0 Å². The zero-order valence-corrected chi connectivity index (χ0v) is 18.8. The monoisotopic (exact) mass is 403 g/mol. The minimum Gasteiger partial charge on any atom is -0.336 e. The molecule has 0 fully saturated rings. The lowest BCUT2D eigenvalue weighted by molar-refractivity contribution is -0.156. The van der Waals surface area contributed by atoms with Crippen LogP contribution in [-0.2, 0) is 14.4 Å². The van der Waals surface area contributed by atoms with Crippen molar-refractivity contribution in [2.75, 3.05) is 0 Å². The van der Waals surface area contributed by atoms with Crippen molar-refractivity contribution >= 4 is 11.9 Å². The van der Waals surface area contributed by atoms with E-state index in [9.17, 15) is 9.59 Å². The van der Waals surface area contributed by atoms with E-state index in [1.165, 1.54) is 12.8 Å². The lowest BCUT2D eigenvalue weighted by Crippen LogP contribution is -2.33. The Kier molecular flexibility index (Phi) is 17.8. The number of hydrogen-bond donors (Lipinski definition) is 1. The molecule has 0 bridgehead atoms. The number of allylic oxidation sites excluding steroid dienone is 6. The summed E-state index contributed by atoms with van der Waals surface area (Å²) in [5.41, 5.74) is 2.55. The van der Waals surface area contributed by atoms with Crippen LogP contribution in [0, 0.1) is 5.92 Å². The zero-order chi connectivity index (χ0) is 21.7. The molecule has 164 valence electrons. The fraction of sp³-hybridized carbons (Fsp3) is 0.600. The van der Waals surface area contributed by atoms with E-state index in [1.807, 2.05) is 0 Å². The van der Waals surface area contributed by atoms with Crippen LogP contribution in [0.15, 0.2) is 48.6 Å². The van der Waals surface area contributed by atoms with E-state index < -0.39 is 5.97 Å². The third-order valence-corrected chi connectivity index (χ3v) is 4.55. The highest BCUT2D eigenvalue weighted by molar-refractivity contribution is 5.88. The van der Waals surface area contributed by atoms with E-state index in [-0.39, 0.29) is 17.4 Å². The van der Waals surface area contributed by atoms with Crippen molar-refractivity contribution in [1.82, 2.24) is 5.48 Å². The van der Waals surface area contributed by atoms with Crippen molar-refractivity contribution in [2.45, 2.75) is 91.4 Å². The zero-order valence-electron chi connectivity index (χ0n) is 18.8. The van der Waals surface area contributed by atoms with Crippen molar-refractivity contribution < 1.29 is 14.4 Å². The molecule has 4 nitrogen and oxygen atoms in total. The molecular formula is C25H41NO3. The Hall–Kier alpha value is -2.10. The lowest BCUT2D eigenvalue weighted by atomic mass is 9.95. The van der Waals surface area contributed by atoms with Gasteiger partial charge in [-0.1, -0.05) is 82.6 Å². The van der Waals surface area contributed by atoms with Crippen LogP contribution in [0.1, 0.15) is 91.4 Å². The van der Waals surface area contributed by atoms with Gasteiger partial charge >= 0.3 is 5.97 Å². The number of carbonyl (C=O) groups is 2. The van der Waals surface area contributed by atoms with Crippen LogP contribution >= 0.6 is 0 Å². The van der Waals surface area contributed by atoms with Gasteiger partial charge in [0.1, 0.15) is 0 Å². The number of hydroxylamine groups is 1. The standard InChI is InChI=1S/C25H41NO3/c1-5-7-8-9-10-11-12-13-14-15-16-17-18-19-21-23(20-6-2)24(27)26-29-25(28)22(3)4/h7-8,10-11,13-14,23H,3,5-6,9,12,15-21H2,1-2,4H3,(H,26,27)/b8-7-,11-10-,14-13-. The molecule has 0 saturated heterocycles.